The molecular weight excluding hydrogens is 839 g/mol. The fourth-order valence-electron chi connectivity index (χ4n) is 7.05. The van der Waals surface area contributed by atoms with Crippen molar-refractivity contribution in [1.82, 2.24) is 81.3 Å². The second-order valence-corrected chi connectivity index (χ2v) is 14.9. The molecule has 340 valence electrons. The summed E-state index contributed by atoms with van der Waals surface area (Å²) in [5.41, 5.74) is 8.20. The molecule has 1 aliphatic heterocycles. The number of aromatic nitrogens is 10. The van der Waals surface area contributed by atoms with Crippen LogP contribution < -0.4 is 32.3 Å². The molecule has 0 spiro atoms. The third-order valence-electron chi connectivity index (χ3n) is 10.3. The smallest absolute Gasteiger partial charge is 0.328 e. The molecule has 7 atom stereocenters. The normalized spacial score (nSPS) is 16.4. The molecule has 14 N–H and O–H groups in total. The summed E-state index contributed by atoms with van der Waals surface area (Å²) in [6.45, 7) is -0.778. The molecule has 6 amide bonds. The third kappa shape index (κ3) is 12.4. The number of aromatic amines is 5. The lowest BCUT2D eigenvalue weighted by Crippen LogP contribution is -2.61. The molecule has 6 rings (SSSR count). The second-order valence-electron chi connectivity index (χ2n) is 14.9. The van der Waals surface area contributed by atoms with Crippen LogP contribution in [0.5, 0.6) is 0 Å². The molecule has 0 aliphatic carbocycles. The number of imidazole rings is 5. The van der Waals surface area contributed by atoms with Crippen LogP contribution in [0.3, 0.4) is 0 Å². The molecule has 26 nitrogen and oxygen atoms in total. The lowest BCUT2D eigenvalue weighted by Gasteiger charge is -2.30. The Labute approximate surface area is 363 Å². The average Bonchev–Trinajstić information content (AvgIpc) is 4.13. The Morgan fingerprint density at radius 2 is 0.953 bits per heavy atom. The number of carbonyl (C=O) groups is 7. The molecule has 26 heteroatoms. The Morgan fingerprint density at radius 3 is 1.33 bits per heavy atom. The summed E-state index contributed by atoms with van der Waals surface area (Å²) in [5, 5.41) is 31.9. The monoisotopic (exact) mass is 887 g/mol. The van der Waals surface area contributed by atoms with Gasteiger partial charge in [-0.1, -0.05) is 0 Å². The topological polar surface area (TPSA) is 393 Å². The van der Waals surface area contributed by atoms with Gasteiger partial charge in [0.05, 0.1) is 72.8 Å². The zero-order valence-corrected chi connectivity index (χ0v) is 34.2. The summed E-state index contributed by atoms with van der Waals surface area (Å²) in [7, 11) is 0. The van der Waals surface area contributed by atoms with Crippen LogP contribution in [0.15, 0.2) is 62.6 Å². The quantitative estimate of drug-likeness (QED) is 0.0295. The number of carboxylic acid groups (broad SMARTS) is 1. The number of aliphatic hydroxyl groups excluding tert-OH is 1. The highest BCUT2D eigenvalue weighted by molar-refractivity contribution is 5.97. The average molecular weight is 888 g/mol. The summed E-state index contributed by atoms with van der Waals surface area (Å²) < 4.78 is 0. The van der Waals surface area contributed by atoms with Crippen LogP contribution in [0, 0.1) is 0 Å². The van der Waals surface area contributed by atoms with E-state index in [2.05, 4.69) is 76.4 Å². The Morgan fingerprint density at radius 1 is 0.578 bits per heavy atom. The zero-order valence-electron chi connectivity index (χ0n) is 34.2. The number of amides is 6. The predicted octanol–water partition coefficient (Wildman–Crippen LogP) is -4.37. The molecule has 1 aliphatic rings. The van der Waals surface area contributed by atoms with Gasteiger partial charge in [0.2, 0.25) is 35.4 Å². The summed E-state index contributed by atoms with van der Waals surface area (Å²) >= 11 is 0. The van der Waals surface area contributed by atoms with E-state index in [1.807, 2.05) is 0 Å². The largest absolute Gasteiger partial charge is 0.480 e. The van der Waals surface area contributed by atoms with Crippen LogP contribution in [-0.4, -0.2) is 162 Å². The number of carboxylic acids is 1. The lowest BCUT2D eigenvalue weighted by molar-refractivity contribution is -0.145. The van der Waals surface area contributed by atoms with E-state index >= 15 is 0 Å². The molecule has 0 bridgehead atoms. The Kier molecular flexibility index (Phi) is 15.6. The third-order valence-corrected chi connectivity index (χ3v) is 10.3. The van der Waals surface area contributed by atoms with E-state index in [1.165, 1.54) is 61.3 Å². The van der Waals surface area contributed by atoms with Crippen LogP contribution in [0.2, 0.25) is 0 Å². The van der Waals surface area contributed by atoms with E-state index in [0.717, 1.165) is 0 Å². The maximum absolute atomic E-state index is 14.4. The van der Waals surface area contributed by atoms with E-state index in [4.69, 9.17) is 5.73 Å². The lowest BCUT2D eigenvalue weighted by atomic mass is 10.0. The summed E-state index contributed by atoms with van der Waals surface area (Å²) in [6.07, 6.45) is 14.6. The van der Waals surface area contributed by atoms with Gasteiger partial charge in [0, 0.05) is 69.6 Å². The predicted molar refractivity (Wildman–Crippen MR) is 219 cm³/mol. The minimum atomic E-state index is -1.60. The minimum Gasteiger partial charge on any atom is -0.480 e. The van der Waals surface area contributed by atoms with Crippen molar-refractivity contribution in [3.8, 4) is 0 Å². The van der Waals surface area contributed by atoms with Crippen molar-refractivity contribution in [2.75, 3.05) is 13.2 Å². The SMILES string of the molecule is N[C@@H](Cc1c[nH]cn1)C(=O)N[C@@H](Cc1c[nH]cn1)C(=O)N[C@@H](Cc1c[nH]cn1)C(=O)N[C@@H](Cc1c[nH]cn1)C(=O)N[C@@H](Cc1c[nH]cn1)C(=O)N1CCC[C@H]1C(=O)N[C@@H](CO)C(=O)O. The van der Waals surface area contributed by atoms with Crippen LogP contribution >= 0.6 is 0 Å². The van der Waals surface area contributed by atoms with E-state index in [0.29, 0.717) is 34.9 Å². The van der Waals surface area contributed by atoms with Gasteiger partial charge >= 0.3 is 5.97 Å². The highest BCUT2D eigenvalue weighted by Crippen LogP contribution is 2.20. The first-order valence-electron chi connectivity index (χ1n) is 20.2. The number of nitrogens with one attached hydrogen (secondary N) is 10. The van der Waals surface area contributed by atoms with Gasteiger partial charge in [-0.2, -0.15) is 0 Å². The van der Waals surface area contributed by atoms with Crippen molar-refractivity contribution in [3.05, 3.63) is 91.1 Å². The molecule has 6 heterocycles. The maximum atomic E-state index is 14.4. The van der Waals surface area contributed by atoms with Crippen LogP contribution in [0.1, 0.15) is 41.3 Å². The summed E-state index contributed by atoms with van der Waals surface area (Å²) in [6, 6.07) is -9.23. The van der Waals surface area contributed by atoms with Gasteiger partial charge in [0.25, 0.3) is 0 Å². The summed E-state index contributed by atoms with van der Waals surface area (Å²) in [4.78, 5) is 131. The molecule has 5 aromatic heterocycles. The molecule has 0 aromatic carbocycles. The number of hydrogen-bond acceptors (Lipinski definition) is 14. The van der Waals surface area contributed by atoms with E-state index in [1.54, 1.807) is 6.20 Å². The molecule has 1 fully saturated rings. The van der Waals surface area contributed by atoms with Crippen LogP contribution in [0.4, 0.5) is 0 Å². The van der Waals surface area contributed by atoms with Gasteiger partial charge in [-0.3, -0.25) is 28.8 Å². The van der Waals surface area contributed by atoms with E-state index in [-0.39, 0.29) is 45.1 Å². The van der Waals surface area contributed by atoms with Gasteiger partial charge in [0.15, 0.2) is 0 Å². The number of likely N-dealkylation sites (tertiary alicyclic amines) is 1. The Balaban J connectivity index is 1.22. The minimum absolute atomic E-state index is 0.0651. The highest BCUT2D eigenvalue weighted by Gasteiger charge is 2.40. The molecule has 5 aromatic rings. The molecule has 0 saturated carbocycles. The second kappa shape index (κ2) is 21.9. The molecule has 64 heavy (non-hydrogen) atoms. The number of nitrogens with zero attached hydrogens (tertiary/aromatic N) is 6. The first kappa shape index (κ1) is 45.8. The fraction of sp³-hybridized carbons (Fsp3) is 0.421. The van der Waals surface area contributed by atoms with Crippen molar-refractivity contribution in [2.45, 2.75) is 87.2 Å². The van der Waals surface area contributed by atoms with Crippen molar-refractivity contribution < 1.29 is 43.8 Å². The maximum Gasteiger partial charge on any atom is 0.328 e. The first-order chi connectivity index (χ1) is 30.9. The fourth-order valence-corrected chi connectivity index (χ4v) is 7.05. The number of aliphatic carboxylic acids is 1. The summed E-state index contributed by atoms with van der Waals surface area (Å²) in [5.74, 6) is -6.08. The van der Waals surface area contributed by atoms with Crippen LogP contribution in [0.25, 0.3) is 0 Å². The van der Waals surface area contributed by atoms with Gasteiger partial charge in [-0.25, -0.2) is 29.7 Å². The Hall–Kier alpha value is -7.74. The first-order valence-corrected chi connectivity index (χ1v) is 20.2. The molecule has 1 saturated heterocycles. The van der Waals surface area contributed by atoms with Crippen molar-refractivity contribution in [2.24, 2.45) is 5.73 Å². The van der Waals surface area contributed by atoms with Crippen molar-refractivity contribution in [1.29, 1.82) is 0 Å². The van der Waals surface area contributed by atoms with E-state index in [9.17, 15) is 43.8 Å². The number of H-pyrrole nitrogens is 5. The van der Waals surface area contributed by atoms with Gasteiger partial charge < -0.3 is 72.4 Å². The van der Waals surface area contributed by atoms with Gasteiger partial charge in [-0.05, 0) is 12.8 Å². The number of rotatable bonds is 23. The van der Waals surface area contributed by atoms with Gasteiger partial charge in [0.1, 0.15) is 36.3 Å². The molecule has 0 radical (unpaired) electrons. The molecule has 0 unspecified atom stereocenters. The van der Waals surface area contributed by atoms with Crippen molar-refractivity contribution in [3.63, 3.8) is 0 Å². The number of aliphatic hydroxyl groups is 1. The standard InChI is InChI=1S/C38H49N17O9/c39-25(4-20-9-40-15-45-20)32(57)50-26(5-21-10-41-16-46-21)33(58)51-27(6-22-11-42-17-47-22)34(59)52-28(7-23-12-43-18-48-23)35(60)53-29(8-24-13-44-19-49-24)37(62)55-3-1-2-31(55)36(61)54-30(14-56)38(63)64/h9-13,15-19,25-31,56H,1-8,14,39H2,(H,40,45)(H,41,46)(H,42,47)(H,43,48)(H,44,49)(H,50,57)(H,51,58)(H,52,59)(H,53,60)(H,54,61)(H,63,64)/t25-,26-,27-,28-,29-,30-,31-/m0/s1. The van der Waals surface area contributed by atoms with Crippen LogP contribution in [-0.2, 0) is 65.7 Å². The highest BCUT2D eigenvalue weighted by atomic mass is 16.4. The van der Waals surface area contributed by atoms with Gasteiger partial charge in [-0.15, -0.1) is 0 Å². The number of hydrogen-bond donors (Lipinski definition) is 13. The number of carbonyl (C=O) groups excluding carboxylic acids is 6. The number of nitrogens with two attached hydrogens (primary N) is 1. The van der Waals surface area contributed by atoms with Crippen molar-refractivity contribution >= 4 is 41.4 Å². The Bertz CT molecular complexity index is 2280. The van der Waals surface area contributed by atoms with E-state index < -0.39 is 90.3 Å². The molecular formula is C38H49N17O9. The zero-order chi connectivity index (χ0) is 45.6.